The van der Waals surface area contributed by atoms with Crippen molar-refractivity contribution in [2.24, 2.45) is 5.92 Å². The Morgan fingerprint density at radius 2 is 1.58 bits per heavy atom. The van der Waals surface area contributed by atoms with E-state index in [9.17, 15) is 9.59 Å². The van der Waals surface area contributed by atoms with Crippen LogP contribution in [0.1, 0.15) is 29.5 Å². The zero-order valence-corrected chi connectivity index (χ0v) is 19.1. The van der Waals surface area contributed by atoms with E-state index in [1.165, 1.54) is 5.56 Å². The number of amides is 2. The summed E-state index contributed by atoms with van der Waals surface area (Å²) in [5.41, 5.74) is 3.43. The maximum Gasteiger partial charge on any atom is 0.246 e. The van der Waals surface area contributed by atoms with Crippen LogP contribution in [-0.4, -0.2) is 61.0 Å². The summed E-state index contributed by atoms with van der Waals surface area (Å²) >= 11 is 0. The Hall–Kier alpha value is -2.96. The lowest BCUT2D eigenvalue weighted by atomic mass is 9.95. The van der Waals surface area contributed by atoms with Crippen molar-refractivity contribution in [2.75, 3.05) is 39.4 Å². The van der Waals surface area contributed by atoms with Crippen LogP contribution in [0, 0.1) is 5.92 Å². The Kier molecular flexibility index (Phi) is 8.28. The standard InChI is InChI=1S/C27H33N3O3/c31-26(11-10-22-6-2-1-3-7-22)30-14-12-23(13-15-30)27(32)28-20-24-8-4-5-9-25(24)21-29-16-18-33-19-17-29/h1-11,23H,12-21H2,(H,28,32). The number of hydrogen-bond donors (Lipinski definition) is 1. The van der Waals surface area contributed by atoms with Crippen LogP contribution in [0.25, 0.3) is 6.08 Å². The minimum atomic E-state index is -0.0430. The number of ether oxygens (including phenoxy) is 1. The maximum atomic E-state index is 12.8. The number of likely N-dealkylation sites (tertiary alicyclic amines) is 1. The van der Waals surface area contributed by atoms with Gasteiger partial charge in [0.05, 0.1) is 13.2 Å². The van der Waals surface area contributed by atoms with E-state index in [0.29, 0.717) is 32.5 Å². The summed E-state index contributed by atoms with van der Waals surface area (Å²) in [4.78, 5) is 29.5. The van der Waals surface area contributed by atoms with E-state index in [0.717, 1.165) is 44.0 Å². The molecule has 0 aliphatic carbocycles. The fraction of sp³-hybridized carbons (Fsp3) is 0.407. The molecular weight excluding hydrogens is 414 g/mol. The molecule has 0 aromatic heterocycles. The summed E-state index contributed by atoms with van der Waals surface area (Å²) in [6.45, 7) is 6.10. The highest BCUT2D eigenvalue weighted by Gasteiger charge is 2.26. The molecule has 6 heteroatoms. The topological polar surface area (TPSA) is 61.9 Å². The van der Waals surface area contributed by atoms with Gasteiger partial charge in [0.2, 0.25) is 11.8 Å². The van der Waals surface area contributed by atoms with Crippen molar-refractivity contribution in [3.63, 3.8) is 0 Å². The molecule has 2 heterocycles. The molecule has 0 radical (unpaired) electrons. The van der Waals surface area contributed by atoms with Crippen LogP contribution in [0.2, 0.25) is 0 Å². The Balaban J connectivity index is 1.23. The largest absolute Gasteiger partial charge is 0.379 e. The number of nitrogens with zero attached hydrogens (tertiary/aromatic N) is 2. The van der Waals surface area contributed by atoms with E-state index in [1.54, 1.807) is 6.08 Å². The Morgan fingerprint density at radius 3 is 2.30 bits per heavy atom. The van der Waals surface area contributed by atoms with Crippen molar-refractivity contribution < 1.29 is 14.3 Å². The molecule has 2 aliphatic heterocycles. The molecule has 2 aromatic carbocycles. The predicted molar refractivity (Wildman–Crippen MR) is 129 cm³/mol. The van der Waals surface area contributed by atoms with Gasteiger partial charge in [-0.3, -0.25) is 14.5 Å². The number of carbonyl (C=O) groups is 2. The quantitative estimate of drug-likeness (QED) is 0.663. The first-order chi connectivity index (χ1) is 16.2. The van der Waals surface area contributed by atoms with E-state index in [2.05, 4.69) is 28.4 Å². The van der Waals surface area contributed by atoms with Crippen LogP contribution in [0.3, 0.4) is 0 Å². The second-order valence-electron chi connectivity index (χ2n) is 8.72. The molecule has 33 heavy (non-hydrogen) atoms. The fourth-order valence-corrected chi connectivity index (χ4v) is 4.41. The van der Waals surface area contributed by atoms with E-state index in [4.69, 9.17) is 4.74 Å². The molecule has 4 rings (SSSR count). The van der Waals surface area contributed by atoms with Crippen molar-refractivity contribution in [3.05, 3.63) is 77.4 Å². The van der Waals surface area contributed by atoms with Crippen LogP contribution in [-0.2, 0) is 27.4 Å². The van der Waals surface area contributed by atoms with Gasteiger partial charge in [-0.25, -0.2) is 0 Å². The summed E-state index contributed by atoms with van der Waals surface area (Å²) in [5, 5.41) is 3.14. The number of carbonyl (C=O) groups excluding carboxylic acids is 2. The van der Waals surface area contributed by atoms with Gasteiger partial charge in [-0.2, -0.15) is 0 Å². The SMILES string of the molecule is O=C(NCc1ccccc1CN1CCOCC1)C1CCN(C(=O)C=Cc2ccccc2)CC1. The minimum Gasteiger partial charge on any atom is -0.379 e. The summed E-state index contributed by atoms with van der Waals surface area (Å²) in [6, 6.07) is 18.1. The van der Waals surface area contributed by atoms with Gasteiger partial charge in [0.15, 0.2) is 0 Å². The molecule has 2 aliphatic rings. The zero-order valence-electron chi connectivity index (χ0n) is 19.1. The zero-order chi connectivity index (χ0) is 22.9. The molecule has 2 amide bonds. The summed E-state index contributed by atoms with van der Waals surface area (Å²) in [6.07, 6.45) is 4.87. The van der Waals surface area contributed by atoms with Gasteiger partial charge in [0, 0.05) is 51.3 Å². The van der Waals surface area contributed by atoms with Gasteiger partial charge in [-0.05, 0) is 35.6 Å². The second kappa shape index (κ2) is 11.8. The molecule has 2 aromatic rings. The van der Waals surface area contributed by atoms with Crippen LogP contribution in [0.4, 0.5) is 0 Å². The average molecular weight is 448 g/mol. The molecule has 0 spiro atoms. The van der Waals surface area contributed by atoms with Crippen molar-refractivity contribution in [3.8, 4) is 0 Å². The van der Waals surface area contributed by atoms with Gasteiger partial charge in [0.1, 0.15) is 0 Å². The molecule has 2 fully saturated rings. The molecular formula is C27H33N3O3. The van der Waals surface area contributed by atoms with Crippen LogP contribution >= 0.6 is 0 Å². The molecule has 0 saturated carbocycles. The normalized spacial score (nSPS) is 17.9. The second-order valence-corrected chi connectivity index (χ2v) is 8.72. The number of benzene rings is 2. The van der Waals surface area contributed by atoms with Crippen molar-refractivity contribution >= 4 is 17.9 Å². The number of hydrogen-bond acceptors (Lipinski definition) is 4. The highest BCUT2D eigenvalue weighted by atomic mass is 16.5. The smallest absolute Gasteiger partial charge is 0.246 e. The Labute approximate surface area is 196 Å². The van der Waals surface area contributed by atoms with E-state index < -0.39 is 0 Å². The highest BCUT2D eigenvalue weighted by Crippen LogP contribution is 2.19. The van der Waals surface area contributed by atoms with Gasteiger partial charge < -0.3 is 15.0 Å². The number of nitrogens with one attached hydrogen (secondary N) is 1. The number of morpholine rings is 1. The van der Waals surface area contributed by atoms with Crippen molar-refractivity contribution in [1.82, 2.24) is 15.1 Å². The summed E-state index contributed by atoms with van der Waals surface area (Å²) < 4.78 is 5.44. The van der Waals surface area contributed by atoms with Gasteiger partial charge in [0.25, 0.3) is 0 Å². The number of piperidine rings is 1. The van der Waals surface area contributed by atoms with Crippen LogP contribution < -0.4 is 5.32 Å². The molecule has 0 unspecified atom stereocenters. The minimum absolute atomic E-state index is 0.00903. The average Bonchev–Trinajstić information content (AvgIpc) is 2.88. The van der Waals surface area contributed by atoms with Crippen molar-refractivity contribution in [1.29, 1.82) is 0 Å². The summed E-state index contributed by atoms with van der Waals surface area (Å²) in [5.74, 6) is 0.0522. The Bertz CT molecular complexity index is 946. The first-order valence-corrected chi connectivity index (χ1v) is 11.9. The van der Waals surface area contributed by atoms with Crippen LogP contribution in [0.5, 0.6) is 0 Å². The lowest BCUT2D eigenvalue weighted by Gasteiger charge is -2.31. The maximum absolute atomic E-state index is 12.8. The number of rotatable bonds is 7. The van der Waals surface area contributed by atoms with Crippen molar-refractivity contribution in [2.45, 2.75) is 25.9 Å². The molecule has 0 bridgehead atoms. The predicted octanol–water partition coefficient (Wildman–Crippen LogP) is 3.09. The highest BCUT2D eigenvalue weighted by molar-refractivity contribution is 5.92. The summed E-state index contributed by atoms with van der Waals surface area (Å²) in [7, 11) is 0. The fourth-order valence-electron chi connectivity index (χ4n) is 4.41. The Morgan fingerprint density at radius 1 is 0.909 bits per heavy atom. The third-order valence-corrected chi connectivity index (χ3v) is 6.46. The third kappa shape index (κ3) is 6.76. The first-order valence-electron chi connectivity index (χ1n) is 11.9. The molecule has 2 saturated heterocycles. The molecule has 1 N–H and O–H groups in total. The molecule has 0 atom stereocenters. The molecule has 174 valence electrons. The first kappa shape index (κ1) is 23.2. The lowest BCUT2D eigenvalue weighted by Crippen LogP contribution is -2.42. The van der Waals surface area contributed by atoms with Gasteiger partial charge in [-0.1, -0.05) is 54.6 Å². The van der Waals surface area contributed by atoms with Gasteiger partial charge in [-0.15, -0.1) is 0 Å². The van der Waals surface area contributed by atoms with Crippen LogP contribution in [0.15, 0.2) is 60.7 Å². The lowest BCUT2D eigenvalue weighted by molar-refractivity contribution is -0.132. The van der Waals surface area contributed by atoms with E-state index in [1.807, 2.05) is 47.4 Å². The molecule has 6 nitrogen and oxygen atoms in total. The van der Waals surface area contributed by atoms with E-state index in [-0.39, 0.29) is 17.7 Å². The third-order valence-electron chi connectivity index (χ3n) is 6.46. The van der Waals surface area contributed by atoms with E-state index >= 15 is 0 Å². The monoisotopic (exact) mass is 447 g/mol. The van der Waals surface area contributed by atoms with Gasteiger partial charge >= 0.3 is 0 Å².